The number of pyridine rings is 1. The van der Waals surface area contributed by atoms with Crippen LogP contribution >= 0.6 is 0 Å². The summed E-state index contributed by atoms with van der Waals surface area (Å²) in [6, 6.07) is 12.1. The molecule has 2 heterocycles. The van der Waals surface area contributed by atoms with Crippen LogP contribution in [0.1, 0.15) is 36.9 Å². The first kappa shape index (κ1) is 15.8. The van der Waals surface area contributed by atoms with E-state index in [0.29, 0.717) is 12.5 Å². The number of nitrogens with zero attached hydrogens (tertiary/aromatic N) is 2. The van der Waals surface area contributed by atoms with Crippen molar-refractivity contribution in [1.82, 2.24) is 4.98 Å². The first-order chi connectivity index (χ1) is 11.0. The molecule has 0 saturated carbocycles. The molecule has 2 nitrogen and oxygen atoms in total. The van der Waals surface area contributed by atoms with Crippen molar-refractivity contribution in [3.63, 3.8) is 0 Å². The van der Waals surface area contributed by atoms with Crippen LogP contribution in [0, 0.1) is 5.92 Å². The van der Waals surface area contributed by atoms with E-state index in [9.17, 15) is 13.2 Å². The van der Waals surface area contributed by atoms with E-state index in [0.717, 1.165) is 24.5 Å². The third kappa shape index (κ3) is 3.33. The maximum atomic E-state index is 13.3. The molecular weight excluding hydrogens is 301 g/mol. The molecule has 0 radical (unpaired) electrons. The van der Waals surface area contributed by atoms with Crippen LogP contribution in [-0.4, -0.2) is 11.5 Å². The Morgan fingerprint density at radius 3 is 2.52 bits per heavy atom. The number of piperidine rings is 1. The quantitative estimate of drug-likeness (QED) is 0.767. The van der Waals surface area contributed by atoms with Crippen molar-refractivity contribution in [2.45, 2.75) is 32.0 Å². The van der Waals surface area contributed by atoms with Gasteiger partial charge in [0.05, 0.1) is 11.6 Å². The minimum absolute atomic E-state index is 0.0424. The standard InChI is InChI=1S/C18H19F3N2/c1-13-9-11-23(16(12-13)14-6-3-2-4-7-14)17-15(18(19,20)21)8-5-10-22-17/h2-8,10,13,16H,9,11-12H2,1H3. The lowest BCUT2D eigenvalue weighted by Crippen LogP contribution is -2.38. The fourth-order valence-electron chi connectivity index (χ4n) is 3.23. The van der Waals surface area contributed by atoms with Crippen LogP contribution in [0.2, 0.25) is 0 Å². The number of aromatic nitrogens is 1. The summed E-state index contributed by atoms with van der Waals surface area (Å²) in [6.07, 6.45) is -1.26. The van der Waals surface area contributed by atoms with E-state index in [-0.39, 0.29) is 11.9 Å². The van der Waals surface area contributed by atoms with Gasteiger partial charge in [-0.25, -0.2) is 4.98 Å². The highest BCUT2D eigenvalue weighted by Crippen LogP contribution is 2.42. The Morgan fingerprint density at radius 2 is 1.83 bits per heavy atom. The molecule has 122 valence electrons. The van der Waals surface area contributed by atoms with Crippen LogP contribution in [0.4, 0.5) is 19.0 Å². The molecule has 1 aromatic heterocycles. The van der Waals surface area contributed by atoms with Gasteiger partial charge in [0.25, 0.3) is 0 Å². The second-order valence-corrected chi connectivity index (χ2v) is 6.12. The predicted octanol–water partition coefficient (Wildman–Crippen LogP) is 5.08. The lowest BCUT2D eigenvalue weighted by atomic mass is 9.88. The first-order valence-corrected chi connectivity index (χ1v) is 7.80. The van der Waals surface area contributed by atoms with Gasteiger partial charge in [-0.1, -0.05) is 37.3 Å². The van der Waals surface area contributed by atoms with E-state index in [2.05, 4.69) is 11.9 Å². The summed E-state index contributed by atoms with van der Waals surface area (Å²) in [6.45, 7) is 2.73. The first-order valence-electron chi connectivity index (χ1n) is 7.80. The number of alkyl halides is 3. The Balaban J connectivity index is 2.03. The van der Waals surface area contributed by atoms with Crippen molar-refractivity contribution in [2.24, 2.45) is 5.92 Å². The van der Waals surface area contributed by atoms with E-state index in [4.69, 9.17) is 0 Å². The van der Waals surface area contributed by atoms with Crippen LogP contribution in [0.5, 0.6) is 0 Å². The van der Waals surface area contributed by atoms with E-state index >= 15 is 0 Å². The van der Waals surface area contributed by atoms with Gasteiger partial charge in [-0.15, -0.1) is 0 Å². The molecule has 1 fully saturated rings. The molecule has 3 rings (SSSR count). The van der Waals surface area contributed by atoms with E-state index < -0.39 is 11.7 Å². The molecule has 0 N–H and O–H groups in total. The third-order valence-electron chi connectivity index (χ3n) is 4.41. The number of rotatable bonds is 2. The summed E-state index contributed by atoms with van der Waals surface area (Å²) in [4.78, 5) is 5.89. The minimum Gasteiger partial charge on any atom is -0.349 e. The molecule has 0 amide bonds. The summed E-state index contributed by atoms with van der Waals surface area (Å²) in [5.74, 6) is 0.523. The monoisotopic (exact) mass is 320 g/mol. The summed E-state index contributed by atoms with van der Waals surface area (Å²) in [5.41, 5.74) is 0.383. The highest BCUT2D eigenvalue weighted by molar-refractivity contribution is 5.51. The van der Waals surface area contributed by atoms with Gasteiger partial charge in [-0.05, 0) is 36.5 Å². The predicted molar refractivity (Wildman–Crippen MR) is 84.2 cm³/mol. The average molecular weight is 320 g/mol. The van der Waals surface area contributed by atoms with Gasteiger partial charge in [0.15, 0.2) is 0 Å². The maximum absolute atomic E-state index is 13.3. The lowest BCUT2D eigenvalue weighted by molar-refractivity contribution is -0.137. The molecule has 5 heteroatoms. The molecule has 2 unspecified atom stereocenters. The fraction of sp³-hybridized carbons (Fsp3) is 0.389. The van der Waals surface area contributed by atoms with Crippen LogP contribution in [-0.2, 0) is 6.18 Å². The molecule has 1 aromatic carbocycles. The summed E-state index contributed by atoms with van der Waals surface area (Å²) < 4.78 is 40.0. The molecule has 0 aliphatic carbocycles. The van der Waals surface area contributed by atoms with Crippen molar-refractivity contribution in [3.8, 4) is 0 Å². The summed E-state index contributed by atoms with van der Waals surface area (Å²) in [5, 5.41) is 0. The Morgan fingerprint density at radius 1 is 1.09 bits per heavy atom. The Bertz CT molecular complexity index is 655. The number of halogens is 3. The molecule has 2 aromatic rings. The number of hydrogen-bond donors (Lipinski definition) is 0. The van der Waals surface area contributed by atoms with Gasteiger partial charge in [0, 0.05) is 12.7 Å². The molecule has 0 spiro atoms. The topological polar surface area (TPSA) is 16.1 Å². The van der Waals surface area contributed by atoms with Crippen LogP contribution in [0.15, 0.2) is 48.7 Å². The number of benzene rings is 1. The molecule has 1 saturated heterocycles. The van der Waals surface area contributed by atoms with Crippen molar-refractivity contribution < 1.29 is 13.2 Å². The SMILES string of the molecule is CC1CCN(c2ncccc2C(F)(F)F)C(c2ccccc2)C1. The van der Waals surface area contributed by atoms with Gasteiger partial charge in [0.2, 0.25) is 0 Å². The zero-order chi connectivity index (χ0) is 16.4. The fourth-order valence-corrected chi connectivity index (χ4v) is 3.23. The van der Waals surface area contributed by atoms with E-state index in [1.807, 2.05) is 35.2 Å². The van der Waals surface area contributed by atoms with Crippen molar-refractivity contribution in [1.29, 1.82) is 0 Å². The van der Waals surface area contributed by atoms with E-state index in [1.165, 1.54) is 12.3 Å². The highest BCUT2D eigenvalue weighted by Gasteiger charge is 2.38. The number of anilines is 1. The second-order valence-electron chi connectivity index (χ2n) is 6.12. The van der Waals surface area contributed by atoms with Crippen LogP contribution < -0.4 is 4.90 Å². The molecule has 0 bridgehead atoms. The Kier molecular flexibility index (Phi) is 4.28. The van der Waals surface area contributed by atoms with Gasteiger partial charge in [0.1, 0.15) is 5.82 Å². The Hall–Kier alpha value is -2.04. The average Bonchev–Trinajstić information content (AvgIpc) is 2.55. The normalized spacial score (nSPS) is 22.2. The molecule has 1 aliphatic rings. The zero-order valence-electron chi connectivity index (χ0n) is 12.9. The molecule has 2 atom stereocenters. The maximum Gasteiger partial charge on any atom is 0.419 e. The number of hydrogen-bond acceptors (Lipinski definition) is 2. The van der Waals surface area contributed by atoms with Crippen molar-refractivity contribution in [2.75, 3.05) is 11.4 Å². The molecule has 1 aliphatic heterocycles. The van der Waals surface area contributed by atoms with Crippen molar-refractivity contribution >= 4 is 5.82 Å². The zero-order valence-corrected chi connectivity index (χ0v) is 12.9. The van der Waals surface area contributed by atoms with Gasteiger partial charge in [-0.3, -0.25) is 0 Å². The minimum atomic E-state index is -4.39. The third-order valence-corrected chi connectivity index (χ3v) is 4.41. The van der Waals surface area contributed by atoms with E-state index in [1.54, 1.807) is 0 Å². The van der Waals surface area contributed by atoms with Crippen molar-refractivity contribution in [3.05, 3.63) is 59.8 Å². The second kappa shape index (κ2) is 6.22. The smallest absolute Gasteiger partial charge is 0.349 e. The summed E-state index contributed by atoms with van der Waals surface area (Å²) in [7, 11) is 0. The van der Waals surface area contributed by atoms with Gasteiger partial charge >= 0.3 is 6.18 Å². The van der Waals surface area contributed by atoms with Crippen LogP contribution in [0.3, 0.4) is 0 Å². The summed E-state index contributed by atoms with van der Waals surface area (Å²) >= 11 is 0. The highest BCUT2D eigenvalue weighted by atomic mass is 19.4. The largest absolute Gasteiger partial charge is 0.419 e. The molecule has 23 heavy (non-hydrogen) atoms. The van der Waals surface area contributed by atoms with Crippen LogP contribution in [0.25, 0.3) is 0 Å². The van der Waals surface area contributed by atoms with Gasteiger partial charge in [-0.2, -0.15) is 13.2 Å². The molecular formula is C18H19F3N2. The Labute approximate surface area is 134 Å². The van der Waals surface area contributed by atoms with Gasteiger partial charge < -0.3 is 4.90 Å². The lowest BCUT2D eigenvalue weighted by Gasteiger charge is -2.40.